The number of rotatable bonds is 9. The largest absolute Gasteiger partial charge is 0.494 e. The number of hydrogen-bond donors (Lipinski definition) is 0. The van der Waals surface area contributed by atoms with Gasteiger partial charge in [0.25, 0.3) is 0 Å². The van der Waals surface area contributed by atoms with Crippen molar-refractivity contribution in [3.63, 3.8) is 0 Å². The summed E-state index contributed by atoms with van der Waals surface area (Å²) < 4.78 is 33.9. The summed E-state index contributed by atoms with van der Waals surface area (Å²) in [7, 11) is -1.28. The second-order valence-corrected chi connectivity index (χ2v) is 10.0. The number of hydrogen-bond acceptors (Lipinski definition) is 9. The van der Waals surface area contributed by atoms with E-state index in [1.54, 1.807) is 19.1 Å². The lowest BCUT2D eigenvalue weighted by Crippen LogP contribution is -2.22. The summed E-state index contributed by atoms with van der Waals surface area (Å²) in [6, 6.07) is 6.38. The predicted molar refractivity (Wildman–Crippen MR) is 121 cm³/mol. The van der Waals surface area contributed by atoms with Crippen LogP contribution in [0.25, 0.3) is 10.2 Å². The molecule has 0 unspecified atom stereocenters. The molecule has 1 aromatic carbocycles. The lowest BCUT2D eigenvalue weighted by Gasteiger charge is -2.19. The lowest BCUT2D eigenvalue weighted by atomic mass is 10.2. The van der Waals surface area contributed by atoms with E-state index in [1.165, 1.54) is 36.1 Å². The summed E-state index contributed by atoms with van der Waals surface area (Å²) >= 11 is 1.31. The molecule has 166 valence electrons. The molecule has 10 heteroatoms. The van der Waals surface area contributed by atoms with E-state index in [9.17, 15) is 13.2 Å². The molecule has 0 aliphatic rings. The van der Waals surface area contributed by atoms with Crippen LogP contribution >= 0.6 is 11.3 Å². The van der Waals surface area contributed by atoms with Gasteiger partial charge in [0.05, 0.1) is 23.5 Å². The van der Waals surface area contributed by atoms with Crippen molar-refractivity contribution in [2.24, 2.45) is 0 Å². The number of sulfone groups is 1. The molecule has 0 amide bonds. The van der Waals surface area contributed by atoms with Crippen LogP contribution in [0.4, 0.5) is 5.82 Å². The van der Waals surface area contributed by atoms with Crippen molar-refractivity contribution < 1.29 is 22.7 Å². The number of benzene rings is 1. The average Bonchev–Trinajstić information content (AvgIpc) is 3.08. The fourth-order valence-corrected chi connectivity index (χ4v) is 4.78. The normalized spacial score (nSPS) is 11.5. The Kier molecular flexibility index (Phi) is 7.11. The van der Waals surface area contributed by atoms with Gasteiger partial charge < -0.3 is 14.4 Å². The van der Waals surface area contributed by atoms with Gasteiger partial charge in [0.15, 0.2) is 9.84 Å². The number of aromatic nitrogens is 2. The third-order valence-corrected chi connectivity index (χ3v) is 7.00. The van der Waals surface area contributed by atoms with Gasteiger partial charge in [-0.15, -0.1) is 11.3 Å². The van der Waals surface area contributed by atoms with Crippen LogP contribution in [0.3, 0.4) is 0 Å². The van der Waals surface area contributed by atoms with Gasteiger partial charge >= 0.3 is 5.97 Å². The van der Waals surface area contributed by atoms with Gasteiger partial charge in [-0.3, -0.25) is 0 Å². The second-order valence-electron chi connectivity index (χ2n) is 7.02. The maximum atomic E-state index is 12.2. The summed E-state index contributed by atoms with van der Waals surface area (Å²) in [6.45, 7) is 5.13. The molecule has 8 nitrogen and oxygen atoms in total. The van der Waals surface area contributed by atoms with Crippen molar-refractivity contribution in [2.45, 2.75) is 25.2 Å². The molecular formula is C21H25N3O5S2. The van der Waals surface area contributed by atoms with Crippen molar-refractivity contribution in [3.8, 4) is 5.75 Å². The highest BCUT2D eigenvalue weighted by Gasteiger charge is 2.21. The monoisotopic (exact) mass is 463 g/mol. The van der Waals surface area contributed by atoms with Crippen LogP contribution in [0.15, 0.2) is 35.5 Å². The minimum absolute atomic E-state index is 0.265. The first-order valence-electron chi connectivity index (χ1n) is 9.77. The zero-order valence-electron chi connectivity index (χ0n) is 17.9. The molecule has 0 aliphatic heterocycles. The fraction of sp³-hybridized carbons (Fsp3) is 0.381. The first kappa shape index (κ1) is 23.0. The lowest BCUT2D eigenvalue weighted by molar-refractivity contribution is 0.0531. The fourth-order valence-electron chi connectivity index (χ4n) is 3.11. The Balaban J connectivity index is 1.64. The number of aryl methyl sites for hydroxylation is 1. The molecule has 3 rings (SSSR count). The highest BCUT2D eigenvalue weighted by atomic mass is 32.2. The Labute approximate surface area is 185 Å². The van der Waals surface area contributed by atoms with E-state index in [0.717, 1.165) is 28.0 Å². The summed E-state index contributed by atoms with van der Waals surface area (Å²) in [5, 5.41) is 0.857. The van der Waals surface area contributed by atoms with Gasteiger partial charge in [-0.1, -0.05) is 0 Å². The Hall–Kier alpha value is -2.72. The second kappa shape index (κ2) is 9.61. The Morgan fingerprint density at radius 1 is 1.19 bits per heavy atom. The molecule has 0 fully saturated rings. The van der Waals surface area contributed by atoms with Crippen LogP contribution in [0.1, 0.15) is 28.6 Å². The smallest absolute Gasteiger partial charge is 0.348 e. The zero-order chi connectivity index (χ0) is 22.6. The first-order chi connectivity index (χ1) is 14.7. The molecule has 2 aromatic heterocycles. The maximum absolute atomic E-state index is 12.2. The van der Waals surface area contributed by atoms with E-state index in [2.05, 4.69) is 9.97 Å². The number of nitrogens with zero attached hydrogens (tertiary/aromatic N) is 3. The Morgan fingerprint density at radius 3 is 2.55 bits per heavy atom. The molecule has 0 saturated heterocycles. The molecule has 0 radical (unpaired) electrons. The van der Waals surface area contributed by atoms with Crippen molar-refractivity contribution >= 4 is 43.2 Å². The summed E-state index contributed by atoms with van der Waals surface area (Å²) in [5.41, 5.74) is 0.822. The van der Waals surface area contributed by atoms with Crippen molar-refractivity contribution in [1.82, 2.24) is 9.97 Å². The molecule has 0 aliphatic carbocycles. The van der Waals surface area contributed by atoms with Gasteiger partial charge in [0, 0.05) is 19.8 Å². The molecule has 2 heterocycles. The number of anilines is 1. The van der Waals surface area contributed by atoms with Crippen LogP contribution in [-0.2, 0) is 14.6 Å². The van der Waals surface area contributed by atoms with Crippen molar-refractivity contribution in [3.05, 3.63) is 41.0 Å². The van der Waals surface area contributed by atoms with E-state index in [1.807, 2.05) is 18.9 Å². The third kappa shape index (κ3) is 5.31. The zero-order valence-corrected chi connectivity index (χ0v) is 19.5. The van der Waals surface area contributed by atoms with Gasteiger partial charge in [0.1, 0.15) is 27.6 Å². The molecule has 0 N–H and O–H groups in total. The predicted octanol–water partition coefficient (Wildman–Crippen LogP) is 3.49. The number of thiophene rings is 1. The van der Waals surface area contributed by atoms with E-state index in [4.69, 9.17) is 9.47 Å². The van der Waals surface area contributed by atoms with E-state index >= 15 is 0 Å². The number of carbonyl (C=O) groups is 1. The molecule has 0 bridgehead atoms. The highest BCUT2D eigenvalue weighted by molar-refractivity contribution is 7.90. The molecule has 0 atom stereocenters. The van der Waals surface area contributed by atoms with E-state index < -0.39 is 9.84 Å². The van der Waals surface area contributed by atoms with Crippen LogP contribution in [0, 0.1) is 6.92 Å². The van der Waals surface area contributed by atoms with Gasteiger partial charge in [-0.05, 0) is 50.1 Å². The minimum atomic E-state index is -3.22. The third-order valence-electron chi connectivity index (χ3n) is 4.69. The quantitative estimate of drug-likeness (QED) is 0.351. The molecule has 3 aromatic rings. The van der Waals surface area contributed by atoms with Crippen LogP contribution in [-0.4, -0.2) is 57.4 Å². The number of carbonyl (C=O) groups excluding carboxylic acids is 1. The SMILES string of the molecule is CCOC(=O)c1sc2ncnc(N(C)CCCOc3ccc(S(C)(=O)=O)cc3)c2c1C. The number of esters is 1. The standard InChI is InChI=1S/C21H25N3O5S2/c1-5-28-21(25)18-14(2)17-19(22-13-23-20(17)30-18)24(3)11-6-12-29-15-7-9-16(10-8-15)31(4,26)27/h7-10,13H,5-6,11-12H2,1-4H3. The van der Waals surface area contributed by atoms with Crippen molar-refractivity contribution in [2.75, 3.05) is 38.0 Å². The van der Waals surface area contributed by atoms with Crippen molar-refractivity contribution in [1.29, 1.82) is 0 Å². The average molecular weight is 464 g/mol. The Bertz CT molecular complexity index is 1170. The maximum Gasteiger partial charge on any atom is 0.348 e. The summed E-state index contributed by atoms with van der Waals surface area (Å²) in [5.74, 6) is 1.03. The molecule has 31 heavy (non-hydrogen) atoms. The molecular weight excluding hydrogens is 438 g/mol. The summed E-state index contributed by atoms with van der Waals surface area (Å²) in [4.78, 5) is 24.5. The number of fused-ring (bicyclic) bond motifs is 1. The van der Waals surface area contributed by atoms with Gasteiger partial charge in [-0.2, -0.15) is 0 Å². The summed E-state index contributed by atoms with van der Waals surface area (Å²) in [6.07, 6.45) is 3.40. The van der Waals surface area contributed by atoms with E-state index in [-0.39, 0.29) is 10.9 Å². The first-order valence-corrected chi connectivity index (χ1v) is 12.5. The van der Waals surface area contributed by atoms with Gasteiger partial charge in [0.2, 0.25) is 0 Å². The molecule has 0 spiro atoms. The topological polar surface area (TPSA) is 98.7 Å². The number of ether oxygens (including phenoxy) is 2. The van der Waals surface area contributed by atoms with Gasteiger partial charge in [-0.25, -0.2) is 23.2 Å². The van der Waals surface area contributed by atoms with E-state index in [0.29, 0.717) is 30.4 Å². The van der Waals surface area contributed by atoms with Crippen LogP contribution in [0.5, 0.6) is 5.75 Å². The molecule has 0 saturated carbocycles. The Morgan fingerprint density at radius 2 is 1.90 bits per heavy atom. The highest BCUT2D eigenvalue weighted by Crippen LogP contribution is 2.35. The van der Waals surface area contributed by atoms with Crippen LogP contribution < -0.4 is 9.64 Å². The van der Waals surface area contributed by atoms with Crippen LogP contribution in [0.2, 0.25) is 0 Å². The minimum Gasteiger partial charge on any atom is -0.494 e.